The number of thiophene rings is 1. The maximum absolute atomic E-state index is 12.1. The zero-order chi connectivity index (χ0) is 21.1. The lowest BCUT2D eigenvalue weighted by atomic mass is 10.2. The highest BCUT2D eigenvalue weighted by Gasteiger charge is 2.31. The minimum atomic E-state index is -0.350. The van der Waals surface area contributed by atoms with E-state index in [0.717, 1.165) is 29.1 Å². The van der Waals surface area contributed by atoms with Gasteiger partial charge in [-0.05, 0) is 42.1 Å². The number of ether oxygens (including phenoxy) is 1. The molecule has 0 saturated heterocycles. The molecule has 154 valence electrons. The Morgan fingerprint density at radius 3 is 2.77 bits per heavy atom. The Hall–Kier alpha value is -2.97. The van der Waals surface area contributed by atoms with E-state index in [1.807, 2.05) is 29.8 Å². The Balaban J connectivity index is 1.49. The van der Waals surface area contributed by atoms with Crippen LogP contribution in [0.15, 0.2) is 52.9 Å². The van der Waals surface area contributed by atoms with Crippen LogP contribution in [0.2, 0.25) is 0 Å². The fourth-order valence-electron chi connectivity index (χ4n) is 3.12. The lowest BCUT2D eigenvalue weighted by Crippen LogP contribution is -2.26. The Kier molecular flexibility index (Phi) is 5.96. The third kappa shape index (κ3) is 4.01. The van der Waals surface area contributed by atoms with Crippen molar-refractivity contribution in [1.82, 2.24) is 4.98 Å². The monoisotopic (exact) mass is 439 g/mol. The van der Waals surface area contributed by atoms with Crippen molar-refractivity contribution in [3.05, 3.63) is 63.5 Å². The van der Waals surface area contributed by atoms with Gasteiger partial charge < -0.3 is 14.7 Å². The molecule has 0 radical (unpaired) electrons. The molecular formula is C22H21N3O3S2. The molecule has 1 aliphatic heterocycles. The molecule has 6 nitrogen and oxygen atoms in total. The number of hydrogen-bond acceptors (Lipinski definition) is 7. The van der Waals surface area contributed by atoms with Crippen molar-refractivity contribution in [1.29, 1.82) is 5.41 Å². The number of aromatic nitrogens is 1. The van der Waals surface area contributed by atoms with Gasteiger partial charge in [0.2, 0.25) is 0 Å². The summed E-state index contributed by atoms with van der Waals surface area (Å²) in [4.78, 5) is 19.4. The van der Waals surface area contributed by atoms with Gasteiger partial charge in [-0.15, -0.1) is 22.7 Å². The van der Waals surface area contributed by atoms with Gasteiger partial charge >= 0.3 is 5.97 Å². The minimum absolute atomic E-state index is 0.120. The van der Waals surface area contributed by atoms with Crippen molar-refractivity contribution in [2.75, 3.05) is 18.1 Å². The van der Waals surface area contributed by atoms with Crippen LogP contribution in [0, 0.1) is 5.41 Å². The maximum atomic E-state index is 12.1. The summed E-state index contributed by atoms with van der Waals surface area (Å²) in [5.74, 6) is -0.0370. The smallest absolute Gasteiger partial charge is 0.338 e. The Morgan fingerprint density at radius 1 is 1.27 bits per heavy atom. The molecule has 0 unspecified atom stereocenters. The van der Waals surface area contributed by atoms with Gasteiger partial charge in [-0.2, -0.15) is 0 Å². The van der Waals surface area contributed by atoms with Gasteiger partial charge in [-0.3, -0.25) is 5.41 Å². The van der Waals surface area contributed by atoms with Gasteiger partial charge in [-0.25, -0.2) is 9.78 Å². The van der Waals surface area contributed by atoms with E-state index in [9.17, 15) is 9.90 Å². The summed E-state index contributed by atoms with van der Waals surface area (Å²) >= 11 is 3.02. The number of nitrogens with zero attached hydrogens (tertiary/aromatic N) is 2. The molecule has 0 spiro atoms. The van der Waals surface area contributed by atoms with Crippen molar-refractivity contribution < 1.29 is 14.6 Å². The largest absolute Gasteiger partial charge is 0.510 e. The normalized spacial score (nSPS) is 13.9. The molecule has 0 aliphatic carbocycles. The van der Waals surface area contributed by atoms with Gasteiger partial charge in [0.1, 0.15) is 16.6 Å². The summed E-state index contributed by atoms with van der Waals surface area (Å²) in [7, 11) is 0. The molecule has 3 aromatic rings. The predicted molar refractivity (Wildman–Crippen MR) is 122 cm³/mol. The van der Waals surface area contributed by atoms with Gasteiger partial charge in [0.15, 0.2) is 0 Å². The van der Waals surface area contributed by atoms with E-state index in [1.165, 1.54) is 11.3 Å². The standard InChI is InChI=1S/C22H21N3O3S2/c1-2-3-10-28-22(27)14-6-8-15(9-7-14)25-12-17(26)19(20(25)23)21-24-16(13-30-21)18-5-4-11-29-18/h4-9,11,13,23,26H,2-3,10,12H2,1H3. The fourth-order valence-corrected chi connectivity index (χ4v) is 4.77. The van der Waals surface area contributed by atoms with Gasteiger partial charge in [0, 0.05) is 11.1 Å². The summed E-state index contributed by atoms with van der Waals surface area (Å²) in [5, 5.41) is 23.7. The van der Waals surface area contributed by atoms with Gasteiger partial charge in [0.25, 0.3) is 0 Å². The molecule has 30 heavy (non-hydrogen) atoms. The Morgan fingerprint density at radius 2 is 2.07 bits per heavy atom. The molecule has 3 heterocycles. The van der Waals surface area contributed by atoms with Crippen molar-refractivity contribution in [2.24, 2.45) is 0 Å². The topological polar surface area (TPSA) is 86.5 Å². The molecular weight excluding hydrogens is 418 g/mol. The number of anilines is 1. The van der Waals surface area contributed by atoms with E-state index in [2.05, 4.69) is 4.98 Å². The van der Waals surface area contributed by atoms with Gasteiger partial charge in [0.05, 0.1) is 34.9 Å². The molecule has 4 rings (SSSR count). The minimum Gasteiger partial charge on any atom is -0.510 e. The maximum Gasteiger partial charge on any atom is 0.338 e. The van der Waals surface area contributed by atoms with Crippen molar-refractivity contribution in [2.45, 2.75) is 19.8 Å². The molecule has 1 aliphatic rings. The summed E-state index contributed by atoms with van der Waals surface area (Å²) < 4.78 is 5.23. The van der Waals surface area contributed by atoms with Crippen LogP contribution in [0.25, 0.3) is 16.1 Å². The molecule has 0 fully saturated rings. The number of thiazole rings is 1. The van der Waals surface area contributed by atoms with E-state index in [1.54, 1.807) is 40.5 Å². The van der Waals surface area contributed by atoms with Crippen LogP contribution in [0.5, 0.6) is 0 Å². The number of nitrogens with one attached hydrogen (secondary N) is 1. The van der Waals surface area contributed by atoms with Gasteiger partial charge in [-0.1, -0.05) is 19.4 Å². The number of amidine groups is 1. The van der Waals surface area contributed by atoms with Crippen LogP contribution in [0.3, 0.4) is 0 Å². The van der Waals surface area contributed by atoms with E-state index >= 15 is 0 Å². The van der Waals surface area contributed by atoms with Crippen LogP contribution in [-0.4, -0.2) is 35.0 Å². The number of benzene rings is 1. The number of carbonyl (C=O) groups excluding carboxylic acids is 1. The number of hydrogen-bond donors (Lipinski definition) is 2. The van der Waals surface area contributed by atoms with Crippen LogP contribution >= 0.6 is 22.7 Å². The lowest BCUT2D eigenvalue weighted by Gasteiger charge is -2.18. The average molecular weight is 440 g/mol. The highest BCUT2D eigenvalue weighted by Crippen LogP contribution is 2.35. The summed E-state index contributed by atoms with van der Waals surface area (Å²) in [6.07, 6.45) is 1.81. The quantitative estimate of drug-likeness (QED) is 0.370. The highest BCUT2D eigenvalue weighted by atomic mass is 32.1. The zero-order valence-electron chi connectivity index (χ0n) is 16.4. The molecule has 2 N–H and O–H groups in total. The predicted octanol–water partition coefficient (Wildman–Crippen LogP) is 5.60. The van der Waals surface area contributed by atoms with Crippen LogP contribution < -0.4 is 4.90 Å². The summed E-state index contributed by atoms with van der Waals surface area (Å²) in [5.41, 5.74) is 2.49. The average Bonchev–Trinajstić information content (AvgIpc) is 3.49. The summed E-state index contributed by atoms with van der Waals surface area (Å²) in [6, 6.07) is 10.9. The molecule has 0 amide bonds. The van der Waals surface area contributed by atoms with Crippen molar-refractivity contribution in [3.63, 3.8) is 0 Å². The molecule has 8 heteroatoms. The number of aliphatic hydroxyl groups excluding tert-OH is 1. The Bertz CT molecular complexity index is 1090. The van der Waals surface area contributed by atoms with Crippen molar-refractivity contribution in [3.8, 4) is 10.6 Å². The van der Waals surface area contributed by atoms with E-state index in [4.69, 9.17) is 10.1 Å². The van der Waals surface area contributed by atoms with E-state index in [0.29, 0.717) is 22.8 Å². The first-order chi connectivity index (χ1) is 14.6. The third-order valence-electron chi connectivity index (χ3n) is 4.74. The SMILES string of the molecule is CCCCOC(=O)c1ccc(N2CC(O)=C(c3nc(-c4cccs4)cs3)C2=N)cc1. The molecule has 1 aromatic carbocycles. The third-order valence-corrected chi connectivity index (χ3v) is 6.49. The number of aliphatic hydroxyl groups is 1. The fraction of sp³-hybridized carbons (Fsp3) is 0.227. The van der Waals surface area contributed by atoms with Crippen molar-refractivity contribution >= 4 is 45.7 Å². The number of esters is 1. The second-order valence-corrected chi connectivity index (χ2v) is 8.61. The van der Waals surface area contributed by atoms with E-state index in [-0.39, 0.29) is 24.1 Å². The molecule has 0 saturated carbocycles. The number of rotatable bonds is 7. The number of carbonyl (C=O) groups is 1. The van der Waals surface area contributed by atoms with Crippen LogP contribution in [0.1, 0.15) is 35.1 Å². The first kappa shape index (κ1) is 20.3. The Labute approximate surface area is 182 Å². The van der Waals surface area contributed by atoms with E-state index < -0.39 is 0 Å². The molecule has 0 bridgehead atoms. The molecule has 2 aromatic heterocycles. The number of unbranched alkanes of at least 4 members (excludes halogenated alkanes) is 1. The second-order valence-electron chi connectivity index (χ2n) is 6.81. The first-order valence-electron chi connectivity index (χ1n) is 9.64. The summed E-state index contributed by atoms with van der Waals surface area (Å²) in [6.45, 7) is 2.65. The van der Waals surface area contributed by atoms with Crippen LogP contribution in [-0.2, 0) is 4.74 Å². The second kappa shape index (κ2) is 8.81. The highest BCUT2D eigenvalue weighted by molar-refractivity contribution is 7.14. The molecule has 0 atom stereocenters. The first-order valence-corrected chi connectivity index (χ1v) is 11.4. The van der Waals surface area contributed by atoms with Crippen LogP contribution in [0.4, 0.5) is 5.69 Å². The lowest BCUT2D eigenvalue weighted by molar-refractivity contribution is 0.0500. The zero-order valence-corrected chi connectivity index (χ0v) is 18.1.